The highest BCUT2D eigenvalue weighted by atomic mass is 32.2. The number of rotatable bonds is 10. The molecule has 0 aromatic heterocycles. The van der Waals surface area contributed by atoms with Crippen molar-refractivity contribution in [3.63, 3.8) is 0 Å². The molecule has 19 heavy (non-hydrogen) atoms. The molecule has 0 spiro atoms. The molecule has 0 aliphatic heterocycles. The van der Waals surface area contributed by atoms with Crippen LogP contribution in [0.3, 0.4) is 0 Å². The van der Waals surface area contributed by atoms with Crippen molar-refractivity contribution >= 4 is 23.7 Å². The zero-order chi connectivity index (χ0) is 14.7. The summed E-state index contributed by atoms with van der Waals surface area (Å²) in [7, 11) is 0. The maximum Gasteiger partial charge on any atom is 0.312 e. The van der Waals surface area contributed by atoms with Crippen LogP contribution in [0.5, 0.6) is 0 Å². The average Bonchev–Trinajstić information content (AvgIpc) is 2.38. The van der Waals surface area contributed by atoms with E-state index >= 15 is 0 Å². The summed E-state index contributed by atoms with van der Waals surface area (Å²) in [5, 5.41) is 14.1. The summed E-state index contributed by atoms with van der Waals surface area (Å²) < 4.78 is 0. The van der Waals surface area contributed by atoms with E-state index in [-0.39, 0.29) is 18.4 Å². The van der Waals surface area contributed by atoms with Crippen LogP contribution in [0.4, 0.5) is 4.79 Å². The van der Waals surface area contributed by atoms with Crippen LogP contribution in [0.25, 0.3) is 0 Å². The second-order valence-electron chi connectivity index (χ2n) is 4.56. The Morgan fingerprint density at radius 1 is 1.37 bits per heavy atom. The van der Waals surface area contributed by atoms with Crippen molar-refractivity contribution in [3.8, 4) is 0 Å². The zero-order valence-corrected chi connectivity index (χ0v) is 12.5. The number of aliphatic hydroxyl groups excluding tert-OH is 1. The Kier molecular flexibility index (Phi) is 10.4. The van der Waals surface area contributed by atoms with E-state index in [0.717, 1.165) is 18.6 Å². The van der Waals surface area contributed by atoms with Gasteiger partial charge >= 0.3 is 6.03 Å². The third-order valence-corrected chi connectivity index (χ3v) is 3.37. The molecule has 0 saturated heterocycles. The van der Waals surface area contributed by atoms with Gasteiger partial charge in [-0.15, -0.1) is 0 Å². The minimum atomic E-state index is -0.685. The largest absolute Gasteiger partial charge is 0.396 e. The first-order valence-electron chi connectivity index (χ1n) is 6.44. The maximum atomic E-state index is 11.9. The summed E-state index contributed by atoms with van der Waals surface area (Å²) in [6, 6.07) is -1.25. The summed E-state index contributed by atoms with van der Waals surface area (Å²) in [5.41, 5.74) is 5.05. The van der Waals surface area contributed by atoms with E-state index in [4.69, 9.17) is 10.8 Å². The highest BCUT2D eigenvalue weighted by molar-refractivity contribution is 7.98. The van der Waals surface area contributed by atoms with Gasteiger partial charge in [-0.05, 0) is 37.2 Å². The van der Waals surface area contributed by atoms with Gasteiger partial charge in [0.15, 0.2) is 0 Å². The molecule has 0 aromatic carbocycles. The van der Waals surface area contributed by atoms with E-state index in [1.165, 1.54) is 0 Å². The van der Waals surface area contributed by atoms with Crippen molar-refractivity contribution in [2.24, 2.45) is 11.7 Å². The molecule has 2 unspecified atom stereocenters. The Labute approximate surface area is 118 Å². The molecule has 0 bridgehead atoms. The molecule has 2 atom stereocenters. The number of carbonyl (C=O) groups excluding carboxylic acids is 2. The van der Waals surface area contributed by atoms with E-state index < -0.39 is 12.1 Å². The van der Waals surface area contributed by atoms with Gasteiger partial charge in [-0.25, -0.2) is 4.79 Å². The molecule has 112 valence electrons. The SMILES string of the molecule is CSCCC(NC(N)=O)C(=O)NCCCC(C)CO. The number of thioether (sulfide) groups is 1. The summed E-state index contributed by atoms with van der Waals surface area (Å²) in [6.07, 6.45) is 4.16. The lowest BCUT2D eigenvalue weighted by molar-refractivity contribution is -0.122. The Bertz CT molecular complexity index is 277. The molecule has 0 saturated carbocycles. The van der Waals surface area contributed by atoms with Crippen molar-refractivity contribution in [1.82, 2.24) is 10.6 Å². The van der Waals surface area contributed by atoms with Crippen LogP contribution in [0, 0.1) is 5.92 Å². The Balaban J connectivity index is 3.98. The highest BCUT2D eigenvalue weighted by Gasteiger charge is 2.18. The van der Waals surface area contributed by atoms with Crippen molar-refractivity contribution in [3.05, 3.63) is 0 Å². The topological polar surface area (TPSA) is 104 Å². The monoisotopic (exact) mass is 291 g/mol. The van der Waals surface area contributed by atoms with Gasteiger partial charge in [0.25, 0.3) is 0 Å². The maximum absolute atomic E-state index is 11.9. The second-order valence-corrected chi connectivity index (χ2v) is 5.55. The lowest BCUT2D eigenvalue weighted by atomic mass is 10.1. The van der Waals surface area contributed by atoms with Gasteiger partial charge in [0, 0.05) is 13.2 Å². The van der Waals surface area contributed by atoms with Crippen LogP contribution in [0.1, 0.15) is 26.2 Å². The van der Waals surface area contributed by atoms with Crippen LogP contribution < -0.4 is 16.4 Å². The molecule has 6 nitrogen and oxygen atoms in total. The Morgan fingerprint density at radius 2 is 2.05 bits per heavy atom. The molecular weight excluding hydrogens is 266 g/mol. The van der Waals surface area contributed by atoms with E-state index in [9.17, 15) is 9.59 Å². The minimum Gasteiger partial charge on any atom is -0.396 e. The number of urea groups is 1. The lowest BCUT2D eigenvalue weighted by Crippen LogP contribution is -2.49. The normalized spacial score (nSPS) is 13.6. The van der Waals surface area contributed by atoms with E-state index in [0.29, 0.717) is 13.0 Å². The molecule has 0 radical (unpaired) electrons. The fraction of sp³-hybridized carbons (Fsp3) is 0.833. The quantitative estimate of drug-likeness (QED) is 0.435. The molecule has 0 fully saturated rings. The van der Waals surface area contributed by atoms with E-state index in [1.54, 1.807) is 11.8 Å². The van der Waals surface area contributed by atoms with Crippen molar-refractivity contribution in [2.75, 3.05) is 25.2 Å². The predicted molar refractivity (Wildman–Crippen MR) is 78.0 cm³/mol. The standard InChI is InChI=1S/C12H25N3O3S/c1-9(8-16)4-3-6-14-11(17)10(5-7-19-2)15-12(13)18/h9-10,16H,3-8H2,1-2H3,(H,14,17)(H3,13,15,18). The van der Waals surface area contributed by atoms with Gasteiger partial charge in [0.1, 0.15) is 6.04 Å². The number of carbonyl (C=O) groups is 2. The van der Waals surface area contributed by atoms with Crippen molar-refractivity contribution < 1.29 is 14.7 Å². The first-order chi connectivity index (χ1) is 9.01. The zero-order valence-electron chi connectivity index (χ0n) is 11.6. The summed E-state index contributed by atoms with van der Waals surface area (Å²) in [4.78, 5) is 22.7. The van der Waals surface area contributed by atoms with Gasteiger partial charge in [0.05, 0.1) is 0 Å². The Morgan fingerprint density at radius 3 is 2.58 bits per heavy atom. The molecule has 7 heteroatoms. The number of amides is 3. The highest BCUT2D eigenvalue weighted by Crippen LogP contribution is 2.04. The third kappa shape index (κ3) is 9.61. The van der Waals surface area contributed by atoms with E-state index in [2.05, 4.69) is 10.6 Å². The molecule has 0 aliphatic carbocycles. The predicted octanol–water partition coefficient (Wildman–Crippen LogP) is 0.301. The average molecular weight is 291 g/mol. The number of aliphatic hydroxyl groups is 1. The number of primary amides is 1. The van der Waals surface area contributed by atoms with E-state index in [1.807, 2.05) is 13.2 Å². The van der Waals surface area contributed by atoms with Gasteiger partial charge in [-0.2, -0.15) is 11.8 Å². The molecule has 0 aliphatic rings. The van der Waals surface area contributed by atoms with Crippen molar-refractivity contribution in [2.45, 2.75) is 32.2 Å². The minimum absolute atomic E-state index is 0.160. The fourth-order valence-electron chi connectivity index (χ4n) is 1.55. The number of hydrogen-bond acceptors (Lipinski definition) is 4. The molecule has 3 amide bonds. The summed E-state index contributed by atoms with van der Waals surface area (Å²) >= 11 is 1.61. The Hall–Kier alpha value is -0.950. The third-order valence-electron chi connectivity index (χ3n) is 2.73. The molecular formula is C12H25N3O3S. The smallest absolute Gasteiger partial charge is 0.312 e. The van der Waals surface area contributed by atoms with Crippen molar-refractivity contribution in [1.29, 1.82) is 0 Å². The lowest BCUT2D eigenvalue weighted by Gasteiger charge is -2.17. The number of hydrogen-bond donors (Lipinski definition) is 4. The van der Waals surface area contributed by atoms with Crippen LogP contribution in [-0.4, -0.2) is 48.2 Å². The molecule has 5 N–H and O–H groups in total. The van der Waals surface area contributed by atoms with Gasteiger partial charge in [-0.3, -0.25) is 4.79 Å². The van der Waals surface area contributed by atoms with Gasteiger partial charge in [0.2, 0.25) is 5.91 Å². The first kappa shape index (κ1) is 18.0. The molecule has 0 heterocycles. The van der Waals surface area contributed by atoms with Gasteiger partial charge in [-0.1, -0.05) is 6.92 Å². The van der Waals surface area contributed by atoms with Crippen LogP contribution in [-0.2, 0) is 4.79 Å². The molecule has 0 aromatic rings. The number of nitrogens with one attached hydrogen (secondary N) is 2. The van der Waals surface area contributed by atoms with Crippen LogP contribution >= 0.6 is 11.8 Å². The number of nitrogens with two attached hydrogens (primary N) is 1. The first-order valence-corrected chi connectivity index (χ1v) is 7.84. The summed E-state index contributed by atoms with van der Waals surface area (Å²) in [5.74, 6) is 0.817. The molecule has 0 rings (SSSR count). The van der Waals surface area contributed by atoms with Crippen LogP contribution in [0.2, 0.25) is 0 Å². The van der Waals surface area contributed by atoms with Gasteiger partial charge < -0.3 is 21.5 Å². The van der Waals surface area contributed by atoms with Crippen LogP contribution in [0.15, 0.2) is 0 Å². The summed E-state index contributed by atoms with van der Waals surface area (Å²) in [6.45, 7) is 2.66. The fourth-order valence-corrected chi connectivity index (χ4v) is 2.02. The second kappa shape index (κ2) is 10.9.